The van der Waals surface area contributed by atoms with Crippen molar-refractivity contribution in [3.63, 3.8) is 0 Å². The van der Waals surface area contributed by atoms with Gasteiger partial charge in [-0.2, -0.15) is 0 Å². The summed E-state index contributed by atoms with van der Waals surface area (Å²) in [5.41, 5.74) is 0. The van der Waals surface area contributed by atoms with Crippen LogP contribution in [-0.4, -0.2) is 11.7 Å². The van der Waals surface area contributed by atoms with Gasteiger partial charge in [0, 0.05) is 12.3 Å². The van der Waals surface area contributed by atoms with Gasteiger partial charge in [0.2, 0.25) is 0 Å². The van der Waals surface area contributed by atoms with Crippen LogP contribution < -0.4 is 0 Å². The van der Waals surface area contributed by atoms with Gasteiger partial charge in [0.1, 0.15) is 0 Å². The van der Waals surface area contributed by atoms with Gasteiger partial charge >= 0.3 is 0 Å². The van der Waals surface area contributed by atoms with Gasteiger partial charge in [-0.25, -0.2) is 0 Å². The zero-order valence-corrected chi connectivity index (χ0v) is 9.28. The Morgan fingerprint density at radius 1 is 0.933 bits per heavy atom. The second kappa shape index (κ2) is 3.83. The summed E-state index contributed by atoms with van der Waals surface area (Å²) in [7, 11) is 0. The van der Waals surface area contributed by atoms with E-state index in [9.17, 15) is 0 Å². The largest absolute Gasteiger partial charge is 0.395 e. The van der Waals surface area contributed by atoms with Crippen LogP contribution in [0.2, 0.25) is 0 Å². The standard InChI is InChI=1S/C14H20O/c15-4-2-1-3-14-12-6-10-5-11(8-12)9-13(14)7-10/h10-15H,2,4-9H2. The van der Waals surface area contributed by atoms with E-state index in [1.165, 1.54) is 32.1 Å². The van der Waals surface area contributed by atoms with Crippen molar-refractivity contribution in [1.82, 2.24) is 0 Å². The Morgan fingerprint density at radius 2 is 1.53 bits per heavy atom. The lowest BCUT2D eigenvalue weighted by atomic mass is 9.52. The molecule has 1 N–H and O–H groups in total. The fraction of sp³-hybridized carbons (Fsp3) is 0.857. The van der Waals surface area contributed by atoms with Crippen LogP contribution in [0.3, 0.4) is 0 Å². The number of rotatable bonds is 1. The molecule has 4 fully saturated rings. The molecule has 0 aromatic carbocycles. The molecule has 4 bridgehead atoms. The lowest BCUT2D eigenvalue weighted by molar-refractivity contribution is -0.0123. The van der Waals surface area contributed by atoms with Gasteiger partial charge < -0.3 is 5.11 Å². The molecule has 4 aliphatic carbocycles. The fourth-order valence-corrected chi connectivity index (χ4v) is 4.41. The average molecular weight is 204 g/mol. The van der Waals surface area contributed by atoms with Crippen molar-refractivity contribution < 1.29 is 5.11 Å². The van der Waals surface area contributed by atoms with Crippen LogP contribution in [0.1, 0.15) is 38.5 Å². The van der Waals surface area contributed by atoms with Crippen molar-refractivity contribution in [2.24, 2.45) is 29.6 Å². The molecule has 0 saturated heterocycles. The van der Waals surface area contributed by atoms with Gasteiger partial charge in [-0.3, -0.25) is 0 Å². The van der Waals surface area contributed by atoms with E-state index < -0.39 is 0 Å². The Kier molecular flexibility index (Phi) is 2.48. The molecule has 0 heterocycles. The van der Waals surface area contributed by atoms with Gasteiger partial charge in [-0.15, -0.1) is 5.92 Å². The number of aliphatic hydroxyl groups is 1. The molecule has 0 aliphatic heterocycles. The predicted octanol–water partition coefficient (Wildman–Crippen LogP) is 2.44. The van der Waals surface area contributed by atoms with Crippen LogP contribution >= 0.6 is 0 Å². The highest BCUT2D eigenvalue weighted by Crippen LogP contribution is 2.56. The van der Waals surface area contributed by atoms with Crippen molar-refractivity contribution in [1.29, 1.82) is 0 Å². The molecule has 0 amide bonds. The van der Waals surface area contributed by atoms with Gasteiger partial charge in [-0.1, -0.05) is 5.92 Å². The molecule has 1 nitrogen and oxygen atoms in total. The Hall–Kier alpha value is -0.480. The molecule has 1 heteroatoms. The summed E-state index contributed by atoms with van der Waals surface area (Å²) >= 11 is 0. The van der Waals surface area contributed by atoms with Gasteiger partial charge in [0.25, 0.3) is 0 Å². The van der Waals surface area contributed by atoms with E-state index in [0.717, 1.165) is 23.7 Å². The van der Waals surface area contributed by atoms with E-state index in [1.807, 2.05) is 0 Å². The molecular weight excluding hydrogens is 184 g/mol. The molecule has 0 atom stereocenters. The maximum absolute atomic E-state index is 8.75. The Morgan fingerprint density at radius 3 is 2.07 bits per heavy atom. The summed E-state index contributed by atoms with van der Waals surface area (Å²) in [6.45, 7) is 0.223. The Labute approximate surface area is 92.3 Å². The second-order valence-corrected chi connectivity index (χ2v) is 5.75. The third kappa shape index (κ3) is 1.70. The maximum atomic E-state index is 8.75. The summed E-state index contributed by atoms with van der Waals surface area (Å²) < 4.78 is 0. The smallest absolute Gasteiger partial charge is 0.0540 e. The first kappa shape index (κ1) is 9.73. The van der Waals surface area contributed by atoms with Gasteiger partial charge in [0.05, 0.1) is 6.61 Å². The lowest BCUT2D eigenvalue weighted by Gasteiger charge is -2.52. The molecule has 0 unspecified atom stereocenters. The van der Waals surface area contributed by atoms with Crippen LogP contribution in [0.15, 0.2) is 0 Å². The van der Waals surface area contributed by atoms with Crippen molar-refractivity contribution in [3.8, 4) is 11.8 Å². The van der Waals surface area contributed by atoms with Crippen LogP contribution in [0, 0.1) is 41.4 Å². The van der Waals surface area contributed by atoms with E-state index in [0.29, 0.717) is 12.3 Å². The van der Waals surface area contributed by atoms with E-state index in [2.05, 4.69) is 11.8 Å². The van der Waals surface area contributed by atoms with Gasteiger partial charge in [0.15, 0.2) is 0 Å². The maximum Gasteiger partial charge on any atom is 0.0540 e. The van der Waals surface area contributed by atoms with E-state index >= 15 is 0 Å². The molecular formula is C14H20O. The monoisotopic (exact) mass is 204 g/mol. The summed E-state index contributed by atoms with van der Waals surface area (Å²) in [5, 5.41) is 8.75. The van der Waals surface area contributed by atoms with Gasteiger partial charge in [-0.05, 0) is 55.8 Å². The highest BCUT2D eigenvalue weighted by atomic mass is 16.2. The lowest BCUT2D eigenvalue weighted by Crippen LogP contribution is -2.44. The van der Waals surface area contributed by atoms with Crippen LogP contribution in [-0.2, 0) is 0 Å². The number of aliphatic hydroxyl groups excluding tert-OH is 1. The highest BCUT2D eigenvalue weighted by molar-refractivity contribution is 5.12. The minimum atomic E-state index is 0.223. The number of hydrogen-bond donors (Lipinski definition) is 1. The third-order valence-electron chi connectivity index (χ3n) is 4.73. The highest BCUT2D eigenvalue weighted by Gasteiger charge is 2.47. The molecule has 4 saturated carbocycles. The van der Waals surface area contributed by atoms with Crippen LogP contribution in [0.4, 0.5) is 0 Å². The fourth-order valence-electron chi connectivity index (χ4n) is 4.41. The molecule has 0 spiro atoms. The van der Waals surface area contributed by atoms with Crippen LogP contribution in [0.5, 0.6) is 0 Å². The van der Waals surface area contributed by atoms with E-state index in [-0.39, 0.29) is 6.61 Å². The van der Waals surface area contributed by atoms with E-state index in [4.69, 9.17) is 5.11 Å². The minimum absolute atomic E-state index is 0.223. The molecule has 15 heavy (non-hydrogen) atoms. The molecule has 0 radical (unpaired) electrons. The quantitative estimate of drug-likeness (QED) is 0.650. The SMILES string of the molecule is OCCC#CC1C2CC3CC(C2)CC1C3. The molecule has 4 aliphatic rings. The van der Waals surface area contributed by atoms with Crippen molar-refractivity contribution >= 4 is 0 Å². The summed E-state index contributed by atoms with van der Waals surface area (Å²) in [4.78, 5) is 0. The first-order valence-electron chi connectivity index (χ1n) is 6.46. The average Bonchev–Trinajstić information content (AvgIpc) is 2.21. The second-order valence-electron chi connectivity index (χ2n) is 5.75. The summed E-state index contributed by atoms with van der Waals surface area (Å²) in [5.74, 6) is 11.2. The third-order valence-corrected chi connectivity index (χ3v) is 4.73. The molecule has 0 aromatic rings. The van der Waals surface area contributed by atoms with Crippen molar-refractivity contribution in [2.45, 2.75) is 38.5 Å². The minimum Gasteiger partial charge on any atom is -0.395 e. The topological polar surface area (TPSA) is 20.2 Å². The van der Waals surface area contributed by atoms with E-state index in [1.54, 1.807) is 0 Å². The Bertz CT molecular complexity index is 268. The van der Waals surface area contributed by atoms with Crippen molar-refractivity contribution in [3.05, 3.63) is 0 Å². The molecule has 4 rings (SSSR count). The van der Waals surface area contributed by atoms with Crippen LogP contribution in [0.25, 0.3) is 0 Å². The first-order chi connectivity index (χ1) is 7.36. The number of hydrogen-bond acceptors (Lipinski definition) is 1. The van der Waals surface area contributed by atoms with Crippen molar-refractivity contribution in [2.75, 3.05) is 6.61 Å². The predicted molar refractivity (Wildman–Crippen MR) is 60.0 cm³/mol. The zero-order chi connectivity index (χ0) is 10.3. The first-order valence-corrected chi connectivity index (χ1v) is 6.46. The Balaban J connectivity index is 1.73. The molecule has 82 valence electrons. The summed E-state index contributed by atoms with van der Waals surface area (Å²) in [6.07, 6.45) is 7.99. The molecule has 0 aromatic heterocycles. The zero-order valence-electron chi connectivity index (χ0n) is 9.28. The summed E-state index contributed by atoms with van der Waals surface area (Å²) in [6, 6.07) is 0. The normalized spacial score (nSPS) is 46.3.